The molecule has 0 saturated carbocycles. The fourth-order valence-corrected chi connectivity index (χ4v) is 3.15. The molecule has 154 valence electrons. The number of esters is 1. The molecule has 0 fully saturated rings. The van der Waals surface area contributed by atoms with Gasteiger partial charge in [0.1, 0.15) is 0 Å². The van der Waals surface area contributed by atoms with Crippen molar-refractivity contribution >= 4 is 5.97 Å². The van der Waals surface area contributed by atoms with E-state index in [2.05, 4.69) is 32.9 Å². The van der Waals surface area contributed by atoms with Gasteiger partial charge in [0.15, 0.2) is 0 Å². The smallest absolute Gasteiger partial charge is 0.305 e. The van der Waals surface area contributed by atoms with E-state index in [4.69, 9.17) is 4.74 Å². The molecular formula is C24H46O2. The fourth-order valence-electron chi connectivity index (χ4n) is 3.15. The fraction of sp³-hybridized carbons (Fsp3) is 0.875. The van der Waals surface area contributed by atoms with Crippen LogP contribution in [0.15, 0.2) is 12.2 Å². The Balaban J connectivity index is 3.28. The first-order valence-electron chi connectivity index (χ1n) is 11.5. The summed E-state index contributed by atoms with van der Waals surface area (Å²) in [7, 11) is 0. The van der Waals surface area contributed by atoms with Crippen molar-refractivity contribution in [1.82, 2.24) is 0 Å². The maximum absolute atomic E-state index is 11.7. The summed E-state index contributed by atoms with van der Waals surface area (Å²) in [4.78, 5) is 11.7. The van der Waals surface area contributed by atoms with Crippen LogP contribution >= 0.6 is 0 Å². The summed E-state index contributed by atoms with van der Waals surface area (Å²) in [5.41, 5.74) is 0. The SMILES string of the molecule is CCCCCCCC/C=C\CCCCCCCC(=O)OCC(CC)CC. The highest BCUT2D eigenvalue weighted by molar-refractivity contribution is 5.69. The molecule has 0 spiro atoms. The zero-order chi connectivity index (χ0) is 19.3. The second kappa shape index (κ2) is 20.5. The Morgan fingerprint density at radius 2 is 1.23 bits per heavy atom. The summed E-state index contributed by atoms with van der Waals surface area (Å²) < 4.78 is 5.36. The number of rotatable bonds is 19. The first kappa shape index (κ1) is 25.2. The molecule has 0 aliphatic heterocycles. The van der Waals surface area contributed by atoms with Crippen LogP contribution in [0.4, 0.5) is 0 Å². The monoisotopic (exact) mass is 366 g/mol. The number of allylic oxidation sites excluding steroid dienone is 2. The molecular weight excluding hydrogens is 320 g/mol. The number of ether oxygens (including phenoxy) is 1. The van der Waals surface area contributed by atoms with E-state index in [1.807, 2.05) is 0 Å². The molecule has 0 aromatic carbocycles. The zero-order valence-electron chi connectivity index (χ0n) is 18.1. The number of hydrogen-bond acceptors (Lipinski definition) is 2. The summed E-state index contributed by atoms with van der Waals surface area (Å²) in [5.74, 6) is 0.530. The van der Waals surface area contributed by atoms with Crippen LogP contribution in [0.25, 0.3) is 0 Å². The number of carbonyl (C=O) groups excluding carboxylic acids is 1. The van der Waals surface area contributed by atoms with Crippen molar-refractivity contribution in [1.29, 1.82) is 0 Å². The van der Waals surface area contributed by atoms with E-state index < -0.39 is 0 Å². The third-order valence-corrected chi connectivity index (χ3v) is 5.28. The molecule has 2 nitrogen and oxygen atoms in total. The van der Waals surface area contributed by atoms with Crippen molar-refractivity contribution in [3.63, 3.8) is 0 Å². The van der Waals surface area contributed by atoms with Crippen LogP contribution in [0.1, 0.15) is 124 Å². The lowest BCUT2D eigenvalue weighted by atomic mass is 10.1. The van der Waals surface area contributed by atoms with Gasteiger partial charge in [-0.1, -0.05) is 97.1 Å². The normalized spacial score (nSPS) is 11.5. The van der Waals surface area contributed by atoms with Gasteiger partial charge >= 0.3 is 5.97 Å². The van der Waals surface area contributed by atoms with E-state index in [-0.39, 0.29) is 5.97 Å². The van der Waals surface area contributed by atoms with Gasteiger partial charge in [0, 0.05) is 6.42 Å². The Kier molecular flexibility index (Phi) is 19.9. The van der Waals surface area contributed by atoms with Crippen molar-refractivity contribution < 1.29 is 9.53 Å². The maximum Gasteiger partial charge on any atom is 0.305 e. The van der Waals surface area contributed by atoms with E-state index >= 15 is 0 Å². The number of hydrogen-bond donors (Lipinski definition) is 0. The minimum Gasteiger partial charge on any atom is -0.465 e. The average Bonchev–Trinajstić information content (AvgIpc) is 2.65. The van der Waals surface area contributed by atoms with Gasteiger partial charge < -0.3 is 4.74 Å². The molecule has 0 atom stereocenters. The van der Waals surface area contributed by atoms with Crippen LogP contribution in [0.5, 0.6) is 0 Å². The van der Waals surface area contributed by atoms with Gasteiger partial charge in [0.2, 0.25) is 0 Å². The predicted molar refractivity (Wildman–Crippen MR) is 114 cm³/mol. The second-order valence-electron chi connectivity index (χ2n) is 7.70. The Morgan fingerprint density at radius 1 is 0.731 bits per heavy atom. The van der Waals surface area contributed by atoms with Gasteiger partial charge in [0.25, 0.3) is 0 Å². The lowest BCUT2D eigenvalue weighted by Crippen LogP contribution is -2.12. The topological polar surface area (TPSA) is 26.3 Å². The summed E-state index contributed by atoms with van der Waals surface area (Å²) in [5, 5.41) is 0. The first-order valence-corrected chi connectivity index (χ1v) is 11.5. The largest absolute Gasteiger partial charge is 0.465 e. The minimum absolute atomic E-state index is 0.00507. The molecule has 0 aliphatic rings. The van der Waals surface area contributed by atoms with Gasteiger partial charge in [-0.15, -0.1) is 0 Å². The third-order valence-electron chi connectivity index (χ3n) is 5.28. The molecule has 0 rings (SSSR count). The van der Waals surface area contributed by atoms with Crippen molar-refractivity contribution in [3.05, 3.63) is 12.2 Å². The molecule has 0 heterocycles. The van der Waals surface area contributed by atoms with Crippen molar-refractivity contribution in [3.8, 4) is 0 Å². The Morgan fingerprint density at radius 3 is 1.77 bits per heavy atom. The van der Waals surface area contributed by atoms with Crippen molar-refractivity contribution in [2.45, 2.75) is 124 Å². The molecule has 0 aromatic heterocycles. The average molecular weight is 367 g/mol. The quantitative estimate of drug-likeness (QED) is 0.131. The summed E-state index contributed by atoms with van der Waals surface area (Å²) in [6.07, 6.45) is 24.2. The molecule has 0 unspecified atom stereocenters. The van der Waals surface area contributed by atoms with E-state index in [0.29, 0.717) is 18.9 Å². The molecule has 26 heavy (non-hydrogen) atoms. The maximum atomic E-state index is 11.7. The Hall–Kier alpha value is -0.790. The molecule has 0 saturated heterocycles. The van der Waals surface area contributed by atoms with Crippen LogP contribution in [0.3, 0.4) is 0 Å². The van der Waals surface area contributed by atoms with Gasteiger partial charge in [-0.25, -0.2) is 0 Å². The lowest BCUT2D eigenvalue weighted by molar-refractivity contribution is -0.145. The van der Waals surface area contributed by atoms with Crippen LogP contribution in [0, 0.1) is 5.92 Å². The predicted octanol–water partition coefficient (Wildman–Crippen LogP) is 8.00. The molecule has 0 amide bonds. The van der Waals surface area contributed by atoms with E-state index in [0.717, 1.165) is 25.7 Å². The Bertz CT molecular complexity index is 318. The zero-order valence-corrected chi connectivity index (χ0v) is 18.1. The first-order chi connectivity index (χ1) is 12.7. The highest BCUT2D eigenvalue weighted by Crippen LogP contribution is 2.11. The third kappa shape index (κ3) is 18.0. The van der Waals surface area contributed by atoms with Gasteiger partial charge in [-0.05, 0) is 38.0 Å². The molecule has 0 radical (unpaired) electrons. The Labute approximate surface area is 164 Å². The standard InChI is InChI=1S/C24H46O2/c1-4-7-8-9-10-11-12-13-14-15-16-17-18-19-20-21-24(25)26-22-23(5-2)6-3/h13-14,23H,4-12,15-22H2,1-3H3/b14-13-. The minimum atomic E-state index is -0.00507. The molecule has 0 aliphatic carbocycles. The molecule has 0 N–H and O–H groups in total. The van der Waals surface area contributed by atoms with Gasteiger partial charge in [0.05, 0.1) is 6.61 Å². The van der Waals surface area contributed by atoms with Crippen LogP contribution < -0.4 is 0 Å². The number of carbonyl (C=O) groups is 1. The van der Waals surface area contributed by atoms with E-state index in [1.165, 1.54) is 70.6 Å². The summed E-state index contributed by atoms with van der Waals surface area (Å²) in [6, 6.07) is 0. The van der Waals surface area contributed by atoms with E-state index in [9.17, 15) is 4.79 Å². The summed E-state index contributed by atoms with van der Waals surface area (Å²) in [6.45, 7) is 7.20. The molecule has 0 bridgehead atoms. The van der Waals surface area contributed by atoms with Crippen LogP contribution in [-0.2, 0) is 9.53 Å². The lowest BCUT2D eigenvalue weighted by Gasteiger charge is -2.12. The van der Waals surface area contributed by atoms with Crippen molar-refractivity contribution in [2.75, 3.05) is 6.61 Å². The van der Waals surface area contributed by atoms with E-state index in [1.54, 1.807) is 0 Å². The van der Waals surface area contributed by atoms with Gasteiger partial charge in [-0.2, -0.15) is 0 Å². The number of unbranched alkanes of at least 4 members (excludes halogenated alkanes) is 11. The highest BCUT2D eigenvalue weighted by Gasteiger charge is 2.07. The second-order valence-corrected chi connectivity index (χ2v) is 7.70. The molecule has 2 heteroatoms. The van der Waals surface area contributed by atoms with Gasteiger partial charge in [-0.3, -0.25) is 4.79 Å². The highest BCUT2D eigenvalue weighted by atomic mass is 16.5. The van der Waals surface area contributed by atoms with Crippen LogP contribution in [0.2, 0.25) is 0 Å². The van der Waals surface area contributed by atoms with Crippen molar-refractivity contribution in [2.24, 2.45) is 5.92 Å². The van der Waals surface area contributed by atoms with Crippen LogP contribution in [-0.4, -0.2) is 12.6 Å². The summed E-state index contributed by atoms with van der Waals surface area (Å²) >= 11 is 0. The molecule has 0 aromatic rings.